The third-order valence-electron chi connectivity index (χ3n) is 4.13. The van der Waals surface area contributed by atoms with E-state index in [1.165, 1.54) is 11.3 Å². The van der Waals surface area contributed by atoms with Gasteiger partial charge in [-0.25, -0.2) is 5.01 Å². The number of rotatable bonds is 4. The Labute approximate surface area is 149 Å². The lowest BCUT2D eigenvalue weighted by molar-refractivity contribution is 0.0716. The number of amides is 1. The van der Waals surface area contributed by atoms with Crippen LogP contribution in [0.4, 0.5) is 0 Å². The normalized spacial score (nSPS) is 16.8. The van der Waals surface area contributed by atoms with Crippen molar-refractivity contribution in [3.05, 3.63) is 76.4 Å². The van der Waals surface area contributed by atoms with E-state index in [-0.39, 0.29) is 11.9 Å². The molecule has 0 spiro atoms. The lowest BCUT2D eigenvalue weighted by atomic mass is 10.0. The molecule has 5 nitrogen and oxygen atoms in total. The summed E-state index contributed by atoms with van der Waals surface area (Å²) in [6.07, 6.45) is 2.21. The quantitative estimate of drug-likeness (QED) is 0.702. The first-order valence-corrected chi connectivity index (χ1v) is 8.76. The van der Waals surface area contributed by atoms with E-state index in [0.29, 0.717) is 17.1 Å². The van der Waals surface area contributed by atoms with Crippen LogP contribution in [0, 0.1) is 0 Å². The van der Waals surface area contributed by atoms with Crippen LogP contribution in [0.3, 0.4) is 0 Å². The molecule has 1 amide bonds. The first-order valence-electron chi connectivity index (χ1n) is 7.88. The first-order chi connectivity index (χ1) is 12.3. The Morgan fingerprint density at radius 2 is 2.20 bits per heavy atom. The lowest BCUT2D eigenvalue weighted by Gasteiger charge is -2.21. The maximum Gasteiger partial charge on any atom is 0.284 e. The van der Waals surface area contributed by atoms with Gasteiger partial charge in [-0.3, -0.25) is 4.79 Å². The summed E-state index contributed by atoms with van der Waals surface area (Å²) in [5, 5.41) is 8.02. The fourth-order valence-corrected chi connectivity index (χ4v) is 3.57. The van der Waals surface area contributed by atoms with Gasteiger partial charge < -0.3 is 9.15 Å². The molecule has 0 N–H and O–H groups in total. The number of benzene rings is 1. The molecule has 0 radical (unpaired) electrons. The molecule has 0 saturated heterocycles. The van der Waals surface area contributed by atoms with Crippen LogP contribution in [-0.2, 0) is 0 Å². The van der Waals surface area contributed by atoms with E-state index in [2.05, 4.69) is 5.10 Å². The van der Waals surface area contributed by atoms with Gasteiger partial charge in [-0.05, 0) is 41.3 Å². The Bertz CT molecular complexity index is 901. The van der Waals surface area contributed by atoms with E-state index in [1.807, 2.05) is 53.9 Å². The predicted molar refractivity (Wildman–Crippen MR) is 96.1 cm³/mol. The molecule has 0 fully saturated rings. The topological polar surface area (TPSA) is 55.0 Å². The highest BCUT2D eigenvalue weighted by molar-refractivity contribution is 7.12. The van der Waals surface area contributed by atoms with Crippen molar-refractivity contribution in [2.45, 2.75) is 12.5 Å². The number of furan rings is 1. The van der Waals surface area contributed by atoms with E-state index in [0.717, 1.165) is 17.0 Å². The molecule has 4 rings (SSSR count). The van der Waals surface area contributed by atoms with E-state index < -0.39 is 0 Å². The molecule has 3 aromatic rings. The van der Waals surface area contributed by atoms with Crippen LogP contribution in [0.15, 0.2) is 69.7 Å². The van der Waals surface area contributed by atoms with E-state index in [9.17, 15) is 4.79 Å². The third kappa shape index (κ3) is 2.96. The van der Waals surface area contributed by atoms with Crippen molar-refractivity contribution >= 4 is 23.0 Å². The van der Waals surface area contributed by atoms with Crippen molar-refractivity contribution in [1.82, 2.24) is 5.01 Å². The van der Waals surface area contributed by atoms with Gasteiger partial charge in [-0.1, -0.05) is 18.2 Å². The van der Waals surface area contributed by atoms with Gasteiger partial charge in [0.15, 0.2) is 0 Å². The van der Waals surface area contributed by atoms with Crippen LogP contribution < -0.4 is 4.74 Å². The molecule has 3 heterocycles. The van der Waals surface area contributed by atoms with Gasteiger partial charge in [0.25, 0.3) is 5.91 Å². The van der Waals surface area contributed by atoms with Gasteiger partial charge in [-0.2, -0.15) is 5.10 Å². The molecule has 6 heteroatoms. The van der Waals surface area contributed by atoms with E-state index >= 15 is 0 Å². The largest absolute Gasteiger partial charge is 0.497 e. The maximum absolute atomic E-state index is 12.9. The zero-order valence-corrected chi connectivity index (χ0v) is 14.4. The smallest absolute Gasteiger partial charge is 0.284 e. The Balaban J connectivity index is 1.72. The minimum Gasteiger partial charge on any atom is -0.497 e. The average molecular weight is 352 g/mol. The fraction of sp³-hybridized carbons (Fsp3) is 0.158. The highest BCUT2D eigenvalue weighted by Gasteiger charge is 2.35. The zero-order valence-electron chi connectivity index (χ0n) is 13.6. The standard InChI is InChI=1S/C19H16N2O3S/c1-23-14-6-2-5-13(11-14)16-12-15(17-7-3-9-24-17)20-21(16)19(22)18-8-4-10-25-18/h2-11,16H,12H2,1H3/t16-/m0/s1. The summed E-state index contributed by atoms with van der Waals surface area (Å²) in [7, 11) is 1.63. The number of carbonyl (C=O) groups excluding carboxylic acids is 1. The van der Waals surface area contributed by atoms with Gasteiger partial charge in [0.1, 0.15) is 17.2 Å². The third-order valence-corrected chi connectivity index (χ3v) is 4.99. The zero-order chi connectivity index (χ0) is 17.2. The van der Waals surface area contributed by atoms with Gasteiger partial charge in [-0.15, -0.1) is 11.3 Å². The number of hydrogen-bond donors (Lipinski definition) is 0. The second-order valence-corrected chi connectivity index (χ2v) is 6.60. The monoisotopic (exact) mass is 352 g/mol. The van der Waals surface area contributed by atoms with Crippen molar-refractivity contribution in [2.75, 3.05) is 7.11 Å². The SMILES string of the molecule is COc1cccc([C@@H]2CC(c3ccco3)=NN2C(=O)c2cccs2)c1. The van der Waals surface area contributed by atoms with Gasteiger partial charge >= 0.3 is 0 Å². The van der Waals surface area contributed by atoms with Crippen molar-refractivity contribution in [1.29, 1.82) is 0 Å². The summed E-state index contributed by atoms with van der Waals surface area (Å²) in [5.74, 6) is 1.34. The van der Waals surface area contributed by atoms with Crippen molar-refractivity contribution in [3.8, 4) is 5.75 Å². The number of hydrogen-bond acceptors (Lipinski definition) is 5. The molecule has 2 aromatic heterocycles. The predicted octanol–water partition coefficient (Wildman–Crippen LogP) is 4.34. The molecule has 0 saturated carbocycles. The minimum atomic E-state index is -0.190. The summed E-state index contributed by atoms with van der Waals surface area (Å²) in [5.41, 5.74) is 1.75. The summed E-state index contributed by atoms with van der Waals surface area (Å²) < 4.78 is 10.8. The van der Waals surface area contributed by atoms with E-state index in [4.69, 9.17) is 9.15 Å². The molecule has 0 aliphatic carbocycles. The van der Waals surface area contributed by atoms with E-state index in [1.54, 1.807) is 18.4 Å². The van der Waals surface area contributed by atoms with Crippen LogP contribution in [0.1, 0.15) is 33.5 Å². The Morgan fingerprint density at radius 3 is 2.92 bits per heavy atom. The van der Waals surface area contributed by atoms with Crippen molar-refractivity contribution in [3.63, 3.8) is 0 Å². The minimum absolute atomic E-state index is 0.107. The Hall–Kier alpha value is -2.86. The van der Waals surface area contributed by atoms with Crippen LogP contribution in [-0.4, -0.2) is 23.7 Å². The summed E-state index contributed by atoms with van der Waals surface area (Å²) in [6.45, 7) is 0. The second-order valence-electron chi connectivity index (χ2n) is 5.65. The fourth-order valence-electron chi connectivity index (χ4n) is 2.91. The molecular formula is C19H16N2O3S. The highest BCUT2D eigenvalue weighted by Crippen LogP contribution is 2.35. The lowest BCUT2D eigenvalue weighted by Crippen LogP contribution is -2.26. The Morgan fingerprint density at radius 1 is 1.28 bits per heavy atom. The average Bonchev–Trinajstić information content (AvgIpc) is 3.42. The molecule has 0 unspecified atom stereocenters. The maximum atomic E-state index is 12.9. The summed E-state index contributed by atoms with van der Waals surface area (Å²) in [4.78, 5) is 13.6. The molecule has 1 aliphatic heterocycles. The molecule has 1 aliphatic rings. The molecule has 126 valence electrons. The van der Waals surface area contributed by atoms with Crippen molar-refractivity contribution < 1.29 is 13.9 Å². The number of methoxy groups -OCH3 is 1. The van der Waals surface area contributed by atoms with Crippen LogP contribution in [0.2, 0.25) is 0 Å². The summed E-state index contributed by atoms with van der Waals surface area (Å²) >= 11 is 1.41. The van der Waals surface area contributed by atoms with Crippen LogP contribution >= 0.6 is 11.3 Å². The molecule has 0 bridgehead atoms. The second kappa shape index (κ2) is 6.57. The highest BCUT2D eigenvalue weighted by atomic mass is 32.1. The van der Waals surface area contributed by atoms with Gasteiger partial charge in [0, 0.05) is 6.42 Å². The number of hydrazone groups is 1. The van der Waals surface area contributed by atoms with Crippen molar-refractivity contribution in [2.24, 2.45) is 5.10 Å². The number of nitrogens with zero attached hydrogens (tertiary/aromatic N) is 2. The van der Waals surface area contributed by atoms with Gasteiger partial charge in [0.2, 0.25) is 0 Å². The number of ether oxygens (including phenoxy) is 1. The van der Waals surface area contributed by atoms with Gasteiger partial charge in [0.05, 0.1) is 24.3 Å². The molecular weight excluding hydrogens is 336 g/mol. The number of carbonyl (C=O) groups is 1. The molecule has 1 atom stereocenters. The first kappa shape index (κ1) is 15.7. The van der Waals surface area contributed by atoms with Crippen LogP contribution in [0.25, 0.3) is 0 Å². The Kier molecular flexibility index (Phi) is 4.11. The van der Waals surface area contributed by atoms with Crippen LogP contribution in [0.5, 0.6) is 5.75 Å². The summed E-state index contributed by atoms with van der Waals surface area (Å²) in [6, 6.07) is 14.9. The molecule has 25 heavy (non-hydrogen) atoms. The molecule has 1 aromatic carbocycles. The number of thiophene rings is 1.